The fraction of sp³-hybridized carbons (Fsp3) is 0.222. The quantitative estimate of drug-likeness (QED) is 0.538. The van der Waals surface area contributed by atoms with Gasteiger partial charge in [-0.1, -0.05) is 15.9 Å². The number of nitrogens with one attached hydrogen (secondary N) is 2. The third-order valence-corrected chi connectivity index (χ3v) is 4.51. The van der Waals surface area contributed by atoms with E-state index in [1.165, 1.54) is 29.1 Å². The Morgan fingerprint density at radius 1 is 1.20 bits per heavy atom. The van der Waals surface area contributed by atoms with Crippen LogP contribution in [0.4, 0.5) is 14.5 Å². The van der Waals surface area contributed by atoms with E-state index in [0.29, 0.717) is 4.47 Å². The summed E-state index contributed by atoms with van der Waals surface area (Å²) in [6.07, 6.45) is 4.66. The Balaban J connectivity index is 1.79. The lowest BCUT2D eigenvalue weighted by atomic mass is 10.2. The molecule has 3 aromatic rings. The number of hydrogen-bond donors (Lipinski definition) is 2. The number of aryl methyl sites for hydroxylation is 2. The van der Waals surface area contributed by atoms with Gasteiger partial charge < -0.3 is 15.4 Å². The normalized spacial score (nSPS) is 10.9. The van der Waals surface area contributed by atoms with E-state index in [-0.39, 0.29) is 29.2 Å². The van der Waals surface area contributed by atoms with Crippen LogP contribution in [0.25, 0.3) is 0 Å². The zero-order valence-electron chi connectivity index (χ0n) is 15.9. The summed E-state index contributed by atoms with van der Waals surface area (Å²) in [4.78, 5) is 25.3. The van der Waals surface area contributed by atoms with Gasteiger partial charge in [0.2, 0.25) is 0 Å². The van der Waals surface area contributed by atoms with Crippen LogP contribution in [-0.2, 0) is 20.6 Å². The van der Waals surface area contributed by atoms with Crippen LogP contribution in [0.2, 0.25) is 0 Å². The molecule has 2 N–H and O–H groups in total. The molecule has 12 heteroatoms. The van der Waals surface area contributed by atoms with Crippen LogP contribution >= 0.6 is 15.9 Å². The summed E-state index contributed by atoms with van der Waals surface area (Å²) in [5, 5.41) is 13.3. The summed E-state index contributed by atoms with van der Waals surface area (Å²) in [5.41, 5.74) is 0.879. The van der Waals surface area contributed by atoms with Crippen molar-refractivity contribution in [2.24, 2.45) is 14.1 Å². The zero-order valence-corrected chi connectivity index (χ0v) is 17.5. The number of aromatic nitrogens is 4. The molecule has 2 aromatic heterocycles. The van der Waals surface area contributed by atoms with E-state index in [2.05, 4.69) is 41.5 Å². The summed E-state index contributed by atoms with van der Waals surface area (Å²) in [6.45, 7) is -2.87. The number of carbonyl (C=O) groups excluding carboxylic acids is 2. The largest absolute Gasteiger partial charge is 0.434 e. The van der Waals surface area contributed by atoms with Gasteiger partial charge in [0.15, 0.2) is 0 Å². The minimum atomic E-state index is -3.09. The highest BCUT2D eigenvalue weighted by Gasteiger charge is 2.22. The maximum absolute atomic E-state index is 12.7. The average Bonchev–Trinajstić information content (AvgIpc) is 3.26. The van der Waals surface area contributed by atoms with Gasteiger partial charge in [-0.05, 0) is 18.2 Å². The number of carbonyl (C=O) groups is 2. The molecule has 1 aromatic carbocycles. The van der Waals surface area contributed by atoms with E-state index in [1.807, 2.05) is 0 Å². The third-order valence-electron chi connectivity index (χ3n) is 4.02. The minimum absolute atomic E-state index is 0.0959. The zero-order chi connectivity index (χ0) is 21.8. The maximum atomic E-state index is 12.7. The van der Waals surface area contributed by atoms with Crippen molar-refractivity contribution in [3.8, 4) is 5.75 Å². The summed E-state index contributed by atoms with van der Waals surface area (Å²) in [5.74, 6) is -1.51. The van der Waals surface area contributed by atoms with Gasteiger partial charge in [0.05, 0.1) is 23.6 Å². The van der Waals surface area contributed by atoms with E-state index in [0.717, 1.165) is 5.56 Å². The van der Waals surface area contributed by atoms with Gasteiger partial charge >= 0.3 is 6.61 Å². The SMILES string of the molecule is Cn1cc(CNC(=O)c2c(NC(=O)c3cc(Br)ccc3OC(F)F)cnn2C)cn1. The first-order valence-electron chi connectivity index (χ1n) is 8.58. The van der Waals surface area contributed by atoms with Gasteiger partial charge in [-0.15, -0.1) is 0 Å². The summed E-state index contributed by atoms with van der Waals surface area (Å²) in [6, 6.07) is 4.05. The number of hydrogen-bond acceptors (Lipinski definition) is 5. The number of ether oxygens (including phenoxy) is 1. The van der Waals surface area contributed by atoms with Crippen LogP contribution in [0.1, 0.15) is 26.4 Å². The number of anilines is 1. The van der Waals surface area contributed by atoms with E-state index < -0.39 is 18.4 Å². The van der Waals surface area contributed by atoms with Gasteiger partial charge in [-0.25, -0.2) is 0 Å². The predicted molar refractivity (Wildman–Crippen MR) is 106 cm³/mol. The van der Waals surface area contributed by atoms with Gasteiger partial charge in [0, 0.05) is 36.9 Å². The van der Waals surface area contributed by atoms with Crippen LogP contribution in [0.15, 0.2) is 41.3 Å². The molecule has 158 valence electrons. The molecule has 0 atom stereocenters. The Bertz CT molecular complexity index is 1080. The summed E-state index contributed by atoms with van der Waals surface area (Å²) < 4.78 is 33.1. The lowest BCUT2D eigenvalue weighted by Crippen LogP contribution is -2.26. The number of alkyl halides is 2. The lowest BCUT2D eigenvalue weighted by Gasteiger charge is -2.12. The van der Waals surface area contributed by atoms with Crippen molar-refractivity contribution in [1.29, 1.82) is 0 Å². The standard InChI is InChI=1S/C18H17BrF2N6O3/c1-26-9-10(7-23-26)6-22-17(29)15-13(8-24-27(15)2)25-16(28)12-5-11(19)3-4-14(12)30-18(20)21/h3-5,7-9,18H,6H2,1-2H3,(H,22,29)(H,25,28). The molecule has 2 heterocycles. The van der Waals surface area contributed by atoms with Crippen molar-refractivity contribution < 1.29 is 23.1 Å². The lowest BCUT2D eigenvalue weighted by molar-refractivity contribution is -0.0501. The summed E-state index contributed by atoms with van der Waals surface area (Å²) >= 11 is 3.19. The molecule has 0 spiro atoms. The first-order chi connectivity index (χ1) is 14.2. The van der Waals surface area contributed by atoms with E-state index in [1.54, 1.807) is 31.2 Å². The van der Waals surface area contributed by atoms with Crippen molar-refractivity contribution in [1.82, 2.24) is 24.9 Å². The topological polar surface area (TPSA) is 103 Å². The Labute approximate surface area is 178 Å². The number of halogens is 3. The van der Waals surface area contributed by atoms with Crippen LogP contribution in [0.3, 0.4) is 0 Å². The first kappa shape index (κ1) is 21.4. The molecule has 0 aliphatic rings. The molecule has 0 saturated heterocycles. The third kappa shape index (κ3) is 5.00. The van der Waals surface area contributed by atoms with E-state index in [9.17, 15) is 18.4 Å². The van der Waals surface area contributed by atoms with Crippen molar-refractivity contribution in [3.05, 3.63) is 58.1 Å². The number of benzene rings is 1. The molecule has 9 nitrogen and oxygen atoms in total. The number of amides is 2. The molecule has 0 aliphatic carbocycles. The highest BCUT2D eigenvalue weighted by Crippen LogP contribution is 2.26. The molecular weight excluding hydrogens is 466 g/mol. The van der Waals surface area contributed by atoms with Crippen LogP contribution in [0, 0.1) is 0 Å². The molecule has 0 fully saturated rings. The van der Waals surface area contributed by atoms with Crippen LogP contribution in [0.5, 0.6) is 5.75 Å². The number of nitrogens with zero attached hydrogens (tertiary/aromatic N) is 4. The number of rotatable bonds is 7. The second-order valence-electron chi connectivity index (χ2n) is 6.21. The first-order valence-corrected chi connectivity index (χ1v) is 9.37. The van der Waals surface area contributed by atoms with Gasteiger partial charge in [0.1, 0.15) is 11.4 Å². The maximum Gasteiger partial charge on any atom is 0.387 e. The van der Waals surface area contributed by atoms with E-state index >= 15 is 0 Å². The highest BCUT2D eigenvalue weighted by atomic mass is 79.9. The average molecular weight is 483 g/mol. The molecule has 30 heavy (non-hydrogen) atoms. The molecule has 3 rings (SSSR count). The van der Waals surface area contributed by atoms with Crippen LogP contribution < -0.4 is 15.4 Å². The van der Waals surface area contributed by atoms with Crippen LogP contribution in [-0.4, -0.2) is 38.0 Å². The van der Waals surface area contributed by atoms with Crippen molar-refractivity contribution in [2.45, 2.75) is 13.2 Å². The molecule has 0 unspecified atom stereocenters. The Hall–Kier alpha value is -3.28. The van der Waals surface area contributed by atoms with Gasteiger partial charge in [-0.3, -0.25) is 19.0 Å². The van der Waals surface area contributed by atoms with Crippen molar-refractivity contribution in [2.75, 3.05) is 5.32 Å². The molecule has 0 aliphatic heterocycles. The molecule has 0 saturated carbocycles. The van der Waals surface area contributed by atoms with Gasteiger partial charge in [-0.2, -0.15) is 19.0 Å². The Kier molecular flexibility index (Phi) is 6.45. The monoisotopic (exact) mass is 482 g/mol. The van der Waals surface area contributed by atoms with Gasteiger partial charge in [0.25, 0.3) is 11.8 Å². The smallest absolute Gasteiger partial charge is 0.387 e. The minimum Gasteiger partial charge on any atom is -0.434 e. The molecular formula is C18H17BrF2N6O3. The summed E-state index contributed by atoms with van der Waals surface area (Å²) in [7, 11) is 3.30. The van der Waals surface area contributed by atoms with Crippen molar-refractivity contribution >= 4 is 33.4 Å². The molecule has 0 bridgehead atoms. The Morgan fingerprint density at radius 2 is 1.97 bits per heavy atom. The highest BCUT2D eigenvalue weighted by molar-refractivity contribution is 9.10. The Morgan fingerprint density at radius 3 is 2.63 bits per heavy atom. The fourth-order valence-corrected chi connectivity index (χ4v) is 3.06. The fourth-order valence-electron chi connectivity index (χ4n) is 2.70. The second kappa shape index (κ2) is 9.03. The van der Waals surface area contributed by atoms with Crippen molar-refractivity contribution in [3.63, 3.8) is 0 Å². The predicted octanol–water partition coefficient (Wildman–Crippen LogP) is 2.70. The molecule has 2 amide bonds. The molecule has 0 radical (unpaired) electrons. The second-order valence-corrected chi connectivity index (χ2v) is 7.12. The van der Waals surface area contributed by atoms with E-state index in [4.69, 9.17) is 0 Å².